The van der Waals surface area contributed by atoms with Gasteiger partial charge in [0.25, 0.3) is 5.91 Å². The van der Waals surface area contributed by atoms with Crippen LogP contribution in [0.15, 0.2) is 24.3 Å². The molecule has 4 rings (SSSR count). The van der Waals surface area contributed by atoms with Gasteiger partial charge in [-0.1, -0.05) is 18.6 Å². The van der Waals surface area contributed by atoms with Gasteiger partial charge in [-0.3, -0.25) is 4.79 Å². The molecule has 2 fully saturated rings. The van der Waals surface area contributed by atoms with Crippen molar-refractivity contribution in [2.45, 2.75) is 38.4 Å². The monoisotopic (exact) mass is 409 g/mol. The van der Waals surface area contributed by atoms with Gasteiger partial charge in [0, 0.05) is 19.1 Å². The molecule has 0 unspecified atom stereocenters. The number of hydrogen-bond donors (Lipinski definition) is 1. The van der Waals surface area contributed by atoms with Crippen LogP contribution in [0.25, 0.3) is 10.4 Å². The third-order valence-corrected chi connectivity index (χ3v) is 6.98. The summed E-state index contributed by atoms with van der Waals surface area (Å²) in [5.74, 6) is 0.777. The Labute approximate surface area is 165 Å². The van der Waals surface area contributed by atoms with E-state index in [9.17, 15) is 18.0 Å². The van der Waals surface area contributed by atoms with Gasteiger partial charge in [0.05, 0.1) is 15.4 Å². The summed E-state index contributed by atoms with van der Waals surface area (Å²) < 4.78 is 38.6. The lowest BCUT2D eigenvalue weighted by Gasteiger charge is -2.26. The van der Waals surface area contributed by atoms with Gasteiger partial charge in [0.15, 0.2) is 0 Å². The first-order valence-corrected chi connectivity index (χ1v) is 10.3. The Morgan fingerprint density at radius 2 is 2.00 bits per heavy atom. The Hall–Kier alpha value is -1.93. The van der Waals surface area contributed by atoms with E-state index in [-0.39, 0.29) is 11.9 Å². The molecule has 1 aromatic heterocycles. The van der Waals surface area contributed by atoms with Crippen molar-refractivity contribution in [3.63, 3.8) is 0 Å². The van der Waals surface area contributed by atoms with Gasteiger partial charge in [-0.25, -0.2) is 4.98 Å². The fourth-order valence-corrected chi connectivity index (χ4v) is 5.58. The molecule has 4 nitrogen and oxygen atoms in total. The number of alkyl halides is 3. The first-order chi connectivity index (χ1) is 13.3. The largest absolute Gasteiger partial charge is 0.416 e. The summed E-state index contributed by atoms with van der Waals surface area (Å²) in [7, 11) is 0. The number of benzene rings is 1. The topological polar surface area (TPSA) is 59.2 Å². The zero-order valence-electron chi connectivity index (χ0n) is 15.5. The van der Waals surface area contributed by atoms with Crippen LogP contribution >= 0.6 is 11.3 Å². The number of nitrogens with two attached hydrogens (primary N) is 1. The van der Waals surface area contributed by atoms with E-state index in [2.05, 4.69) is 4.98 Å². The van der Waals surface area contributed by atoms with E-state index in [1.54, 1.807) is 6.92 Å². The Morgan fingerprint density at radius 1 is 1.29 bits per heavy atom. The van der Waals surface area contributed by atoms with Gasteiger partial charge in [-0.05, 0) is 49.3 Å². The van der Waals surface area contributed by atoms with Crippen LogP contribution in [0.2, 0.25) is 0 Å². The molecule has 8 heteroatoms. The van der Waals surface area contributed by atoms with E-state index in [0.29, 0.717) is 46.1 Å². The Morgan fingerprint density at radius 3 is 2.64 bits per heavy atom. The quantitative estimate of drug-likeness (QED) is 0.821. The summed E-state index contributed by atoms with van der Waals surface area (Å²) in [5.41, 5.74) is 6.18. The highest BCUT2D eigenvalue weighted by atomic mass is 32.1. The molecule has 28 heavy (non-hydrogen) atoms. The molecule has 2 aliphatic rings. The number of nitrogens with zero attached hydrogens (tertiary/aromatic N) is 2. The Balaban J connectivity index is 1.65. The summed E-state index contributed by atoms with van der Waals surface area (Å²) in [6.45, 7) is 2.91. The van der Waals surface area contributed by atoms with Crippen LogP contribution in [0.4, 0.5) is 13.2 Å². The summed E-state index contributed by atoms with van der Waals surface area (Å²) in [6, 6.07) is 4.92. The van der Waals surface area contributed by atoms with E-state index >= 15 is 0 Å². The third-order valence-electron chi connectivity index (χ3n) is 5.96. The molecule has 0 radical (unpaired) electrons. The standard InChI is InChI=1S/C20H22F3N3OS/c1-11-25-17(18(28-11)12-5-7-14(8-6-12)20(21,22)23)19(27)26-10-13-3-2-4-15(13)16(26)9-24/h5-8,13,15-16H,2-4,9-10,24H2,1H3/t13-,15-,16+/m0/s1. The maximum atomic E-state index is 13.3. The summed E-state index contributed by atoms with van der Waals surface area (Å²) in [5, 5.41) is 0.710. The second-order valence-electron chi connectivity index (χ2n) is 7.60. The molecule has 1 aliphatic carbocycles. The van der Waals surface area contributed by atoms with Gasteiger partial charge >= 0.3 is 6.18 Å². The van der Waals surface area contributed by atoms with Gasteiger partial charge in [-0.15, -0.1) is 11.3 Å². The maximum Gasteiger partial charge on any atom is 0.416 e. The minimum Gasteiger partial charge on any atom is -0.332 e. The number of carbonyl (C=O) groups excluding carboxylic acids is 1. The van der Waals surface area contributed by atoms with Crippen molar-refractivity contribution in [2.24, 2.45) is 17.6 Å². The van der Waals surface area contributed by atoms with Crippen LogP contribution in [0, 0.1) is 18.8 Å². The van der Waals surface area contributed by atoms with E-state index in [4.69, 9.17) is 5.73 Å². The summed E-state index contributed by atoms with van der Waals surface area (Å²) >= 11 is 1.33. The lowest BCUT2D eigenvalue weighted by Crippen LogP contribution is -2.43. The highest BCUT2D eigenvalue weighted by Crippen LogP contribution is 2.43. The van der Waals surface area contributed by atoms with Crippen molar-refractivity contribution >= 4 is 17.2 Å². The van der Waals surface area contributed by atoms with Crippen LogP contribution in [-0.4, -0.2) is 34.9 Å². The molecule has 150 valence electrons. The Kier molecular flexibility index (Phi) is 4.95. The zero-order chi connectivity index (χ0) is 20.1. The lowest BCUT2D eigenvalue weighted by molar-refractivity contribution is -0.137. The molecule has 3 atom stereocenters. The van der Waals surface area contributed by atoms with Crippen molar-refractivity contribution in [3.05, 3.63) is 40.5 Å². The fraction of sp³-hybridized carbons (Fsp3) is 0.500. The zero-order valence-corrected chi connectivity index (χ0v) is 16.3. The average Bonchev–Trinajstić information content (AvgIpc) is 3.34. The second-order valence-corrected chi connectivity index (χ2v) is 8.80. The van der Waals surface area contributed by atoms with Crippen molar-refractivity contribution in [3.8, 4) is 10.4 Å². The molecule has 1 saturated heterocycles. The van der Waals surface area contributed by atoms with E-state index in [0.717, 1.165) is 25.0 Å². The lowest BCUT2D eigenvalue weighted by atomic mass is 9.94. The number of halogens is 3. The molecule has 0 bridgehead atoms. The minimum absolute atomic E-state index is 0.0162. The van der Waals surface area contributed by atoms with Gasteiger partial charge in [0.2, 0.25) is 0 Å². The van der Waals surface area contributed by atoms with Crippen LogP contribution in [0.3, 0.4) is 0 Å². The van der Waals surface area contributed by atoms with Gasteiger partial charge in [0.1, 0.15) is 5.69 Å². The number of rotatable bonds is 3. The molecule has 1 aromatic carbocycles. The van der Waals surface area contributed by atoms with Crippen LogP contribution in [0.1, 0.15) is 40.3 Å². The van der Waals surface area contributed by atoms with Crippen molar-refractivity contribution in [2.75, 3.05) is 13.1 Å². The van der Waals surface area contributed by atoms with Crippen LogP contribution in [-0.2, 0) is 6.18 Å². The predicted molar refractivity (Wildman–Crippen MR) is 102 cm³/mol. The molecular weight excluding hydrogens is 387 g/mol. The normalized spacial score (nSPS) is 24.6. The number of aryl methyl sites for hydroxylation is 1. The van der Waals surface area contributed by atoms with E-state index < -0.39 is 11.7 Å². The highest BCUT2D eigenvalue weighted by Gasteiger charge is 2.46. The molecule has 1 amide bonds. The number of thiazole rings is 1. The van der Waals surface area contributed by atoms with Crippen molar-refractivity contribution in [1.82, 2.24) is 9.88 Å². The predicted octanol–water partition coefficient (Wildman–Crippen LogP) is 4.34. The smallest absolute Gasteiger partial charge is 0.332 e. The molecule has 1 aliphatic heterocycles. The molecule has 0 spiro atoms. The summed E-state index contributed by atoms with van der Waals surface area (Å²) in [4.78, 5) is 20.2. The molecule has 2 N–H and O–H groups in total. The third kappa shape index (κ3) is 3.33. The fourth-order valence-electron chi connectivity index (χ4n) is 4.67. The first kappa shape index (κ1) is 19.4. The average molecular weight is 409 g/mol. The molecule has 1 saturated carbocycles. The number of aromatic nitrogens is 1. The van der Waals surface area contributed by atoms with Crippen LogP contribution in [0.5, 0.6) is 0 Å². The van der Waals surface area contributed by atoms with E-state index in [1.807, 2.05) is 4.90 Å². The van der Waals surface area contributed by atoms with Gasteiger partial charge in [-0.2, -0.15) is 13.2 Å². The molecule has 2 aromatic rings. The number of carbonyl (C=O) groups is 1. The first-order valence-electron chi connectivity index (χ1n) is 9.45. The number of likely N-dealkylation sites (tertiary alicyclic amines) is 1. The van der Waals surface area contributed by atoms with Crippen molar-refractivity contribution in [1.29, 1.82) is 0 Å². The number of hydrogen-bond acceptors (Lipinski definition) is 4. The SMILES string of the molecule is Cc1nc(C(=O)N2C[C@@H]3CCC[C@@H]3[C@H]2CN)c(-c2ccc(C(F)(F)F)cc2)s1. The number of fused-ring (bicyclic) bond motifs is 1. The van der Waals surface area contributed by atoms with E-state index in [1.165, 1.54) is 29.9 Å². The summed E-state index contributed by atoms with van der Waals surface area (Å²) in [6.07, 6.45) is -0.992. The van der Waals surface area contributed by atoms with Crippen molar-refractivity contribution < 1.29 is 18.0 Å². The minimum atomic E-state index is -4.39. The molecular formula is C20H22F3N3OS. The maximum absolute atomic E-state index is 13.3. The Bertz CT molecular complexity index is 878. The van der Waals surface area contributed by atoms with Crippen LogP contribution < -0.4 is 5.73 Å². The molecule has 2 heterocycles. The second kappa shape index (κ2) is 7.15. The highest BCUT2D eigenvalue weighted by molar-refractivity contribution is 7.15. The van der Waals surface area contributed by atoms with Gasteiger partial charge < -0.3 is 10.6 Å². The number of amides is 1.